The van der Waals surface area contributed by atoms with Gasteiger partial charge in [-0.2, -0.15) is 0 Å². The van der Waals surface area contributed by atoms with Crippen LogP contribution in [0.2, 0.25) is 0 Å². The molecule has 1 saturated carbocycles. The zero-order valence-electron chi connectivity index (χ0n) is 18.6. The predicted octanol–water partition coefficient (Wildman–Crippen LogP) is 3.06. The standard InChI is InChI=1S/C24H30F2N6O/c1-15-21(22(28)33)23(30-18-7-5-16(25)6-8-18)31-32(15)24(14-27)11-9-19(10-12-24)29-20-4-2-3-17(26)13-20/h2-8,13,15,19,21,29H,9-12,14,27H2,1H3,(H2,28,33)(H,30,31). The van der Waals surface area contributed by atoms with Gasteiger partial charge in [0.05, 0.1) is 11.2 Å². The quantitative estimate of drug-likeness (QED) is 0.534. The van der Waals surface area contributed by atoms with E-state index in [0.717, 1.165) is 31.4 Å². The van der Waals surface area contributed by atoms with Crippen LogP contribution in [0.15, 0.2) is 53.5 Å². The maximum atomic E-state index is 13.5. The van der Waals surface area contributed by atoms with E-state index >= 15 is 0 Å². The highest BCUT2D eigenvalue weighted by Crippen LogP contribution is 2.38. The monoisotopic (exact) mass is 456 g/mol. The summed E-state index contributed by atoms with van der Waals surface area (Å²) in [5.41, 5.74) is 16.2. The number of carbonyl (C=O) groups excluding carboxylic acids is 1. The van der Waals surface area contributed by atoms with E-state index < -0.39 is 11.8 Å². The number of hydrazine groups is 1. The van der Waals surface area contributed by atoms with Crippen LogP contribution in [0.4, 0.5) is 20.2 Å². The first-order valence-electron chi connectivity index (χ1n) is 11.2. The maximum absolute atomic E-state index is 13.5. The summed E-state index contributed by atoms with van der Waals surface area (Å²) in [5.74, 6) is -1.30. The molecule has 2 unspecified atom stereocenters. The fourth-order valence-electron chi connectivity index (χ4n) is 5.00. The van der Waals surface area contributed by atoms with Gasteiger partial charge in [0.2, 0.25) is 5.91 Å². The van der Waals surface area contributed by atoms with Gasteiger partial charge in [0.15, 0.2) is 0 Å². The average molecular weight is 457 g/mol. The summed E-state index contributed by atoms with van der Waals surface area (Å²) < 4.78 is 26.8. The van der Waals surface area contributed by atoms with Crippen LogP contribution in [0.5, 0.6) is 0 Å². The number of halogens is 2. The van der Waals surface area contributed by atoms with E-state index in [9.17, 15) is 13.6 Å². The van der Waals surface area contributed by atoms with Gasteiger partial charge in [-0.3, -0.25) is 4.79 Å². The van der Waals surface area contributed by atoms with Crippen LogP contribution in [0.3, 0.4) is 0 Å². The number of carbonyl (C=O) groups is 1. The van der Waals surface area contributed by atoms with Crippen molar-refractivity contribution in [3.8, 4) is 0 Å². The molecule has 0 radical (unpaired) electrons. The van der Waals surface area contributed by atoms with E-state index in [1.54, 1.807) is 18.2 Å². The van der Waals surface area contributed by atoms with Crippen LogP contribution in [-0.2, 0) is 4.79 Å². The summed E-state index contributed by atoms with van der Waals surface area (Å²) in [4.78, 5) is 16.9. The Balaban J connectivity index is 1.51. The van der Waals surface area contributed by atoms with Crippen LogP contribution in [-0.4, -0.2) is 40.9 Å². The number of amides is 1. The Morgan fingerprint density at radius 3 is 2.48 bits per heavy atom. The Morgan fingerprint density at radius 1 is 1.18 bits per heavy atom. The van der Waals surface area contributed by atoms with Crippen molar-refractivity contribution >= 4 is 23.1 Å². The van der Waals surface area contributed by atoms with Crippen molar-refractivity contribution < 1.29 is 13.6 Å². The number of primary amides is 1. The molecule has 2 atom stereocenters. The second-order valence-corrected chi connectivity index (χ2v) is 8.93. The molecule has 2 aliphatic rings. The van der Waals surface area contributed by atoms with E-state index in [4.69, 9.17) is 11.5 Å². The molecule has 1 aliphatic heterocycles. The van der Waals surface area contributed by atoms with Crippen LogP contribution in [0.1, 0.15) is 32.6 Å². The van der Waals surface area contributed by atoms with Crippen molar-refractivity contribution in [1.29, 1.82) is 0 Å². The Kier molecular flexibility index (Phi) is 6.62. The van der Waals surface area contributed by atoms with Gasteiger partial charge in [0.1, 0.15) is 23.4 Å². The molecule has 0 aromatic heterocycles. The van der Waals surface area contributed by atoms with Crippen molar-refractivity contribution in [1.82, 2.24) is 10.4 Å². The van der Waals surface area contributed by atoms with E-state index in [1.807, 2.05) is 18.0 Å². The van der Waals surface area contributed by atoms with E-state index in [2.05, 4.69) is 15.7 Å². The Labute approximate surface area is 192 Å². The third-order valence-electron chi connectivity index (χ3n) is 6.80. The van der Waals surface area contributed by atoms with E-state index in [1.165, 1.54) is 24.3 Å². The molecule has 2 fully saturated rings. The molecule has 176 valence electrons. The molecule has 1 aliphatic carbocycles. The molecule has 0 bridgehead atoms. The van der Waals surface area contributed by atoms with Crippen LogP contribution in [0.25, 0.3) is 0 Å². The first kappa shape index (κ1) is 23.1. The molecule has 7 nitrogen and oxygen atoms in total. The zero-order chi connectivity index (χ0) is 23.6. The van der Waals surface area contributed by atoms with Crippen molar-refractivity contribution in [2.24, 2.45) is 22.4 Å². The lowest BCUT2D eigenvalue weighted by atomic mass is 9.78. The highest BCUT2D eigenvalue weighted by molar-refractivity contribution is 6.05. The van der Waals surface area contributed by atoms with Crippen molar-refractivity contribution in [2.75, 3.05) is 11.9 Å². The maximum Gasteiger partial charge on any atom is 0.229 e. The molecular weight excluding hydrogens is 426 g/mol. The van der Waals surface area contributed by atoms with Crippen molar-refractivity contribution in [3.05, 3.63) is 60.2 Å². The SMILES string of the molecule is CC1C(C(N)=O)C(=Nc2ccc(F)cc2)NN1C1(CN)CCC(Nc2cccc(F)c2)CC1. The Morgan fingerprint density at radius 2 is 1.88 bits per heavy atom. The summed E-state index contributed by atoms with van der Waals surface area (Å²) in [6, 6.07) is 12.2. The first-order chi connectivity index (χ1) is 15.8. The van der Waals surface area contributed by atoms with Gasteiger partial charge < -0.3 is 22.2 Å². The fraction of sp³-hybridized carbons (Fsp3) is 0.417. The number of nitrogens with zero attached hydrogens (tertiary/aromatic N) is 2. The second kappa shape index (κ2) is 9.44. The number of amidine groups is 1. The summed E-state index contributed by atoms with van der Waals surface area (Å²) >= 11 is 0. The summed E-state index contributed by atoms with van der Waals surface area (Å²) in [7, 11) is 0. The third-order valence-corrected chi connectivity index (χ3v) is 6.80. The second-order valence-electron chi connectivity index (χ2n) is 8.93. The highest BCUT2D eigenvalue weighted by Gasteiger charge is 2.50. The first-order valence-corrected chi connectivity index (χ1v) is 11.2. The molecule has 1 heterocycles. The van der Waals surface area contributed by atoms with Gasteiger partial charge in [-0.1, -0.05) is 6.07 Å². The lowest BCUT2D eigenvalue weighted by molar-refractivity contribution is -0.121. The number of anilines is 1. The fourth-order valence-corrected chi connectivity index (χ4v) is 5.00. The molecule has 2 aromatic rings. The average Bonchev–Trinajstić information content (AvgIpc) is 3.12. The number of rotatable bonds is 6. The Bertz CT molecular complexity index is 1020. The lowest BCUT2D eigenvalue weighted by Crippen LogP contribution is -2.61. The predicted molar refractivity (Wildman–Crippen MR) is 125 cm³/mol. The normalized spacial score (nSPS) is 29.1. The van der Waals surface area contributed by atoms with Crippen molar-refractivity contribution in [2.45, 2.75) is 50.2 Å². The van der Waals surface area contributed by atoms with Gasteiger partial charge >= 0.3 is 0 Å². The van der Waals surface area contributed by atoms with Gasteiger partial charge in [0.25, 0.3) is 0 Å². The molecule has 6 N–H and O–H groups in total. The van der Waals surface area contributed by atoms with Gasteiger partial charge in [-0.25, -0.2) is 18.8 Å². The topological polar surface area (TPSA) is 109 Å². The molecule has 33 heavy (non-hydrogen) atoms. The number of hydrogen-bond donors (Lipinski definition) is 4. The zero-order valence-corrected chi connectivity index (χ0v) is 18.6. The molecule has 2 aromatic carbocycles. The smallest absolute Gasteiger partial charge is 0.229 e. The van der Waals surface area contributed by atoms with Gasteiger partial charge in [0, 0.05) is 24.3 Å². The number of hydrogen-bond acceptors (Lipinski definition) is 5. The minimum atomic E-state index is -0.637. The van der Waals surface area contributed by atoms with Crippen LogP contribution < -0.4 is 22.2 Å². The molecule has 0 spiro atoms. The largest absolute Gasteiger partial charge is 0.382 e. The lowest BCUT2D eigenvalue weighted by Gasteiger charge is -2.47. The van der Waals surface area contributed by atoms with Crippen molar-refractivity contribution in [3.63, 3.8) is 0 Å². The van der Waals surface area contributed by atoms with E-state index in [-0.39, 0.29) is 29.3 Å². The minimum absolute atomic E-state index is 0.198. The Hall–Kier alpha value is -3.04. The number of benzene rings is 2. The minimum Gasteiger partial charge on any atom is -0.382 e. The molecule has 4 rings (SSSR count). The molecule has 9 heteroatoms. The van der Waals surface area contributed by atoms with Crippen LogP contribution in [0, 0.1) is 17.6 Å². The highest BCUT2D eigenvalue weighted by atomic mass is 19.1. The van der Waals surface area contributed by atoms with Crippen LogP contribution >= 0.6 is 0 Å². The molecular formula is C24H30F2N6O. The number of nitrogens with two attached hydrogens (primary N) is 2. The summed E-state index contributed by atoms with van der Waals surface area (Å²) in [5, 5.41) is 5.44. The van der Waals surface area contributed by atoms with Gasteiger partial charge in [-0.15, -0.1) is 0 Å². The third kappa shape index (κ3) is 4.84. The molecule has 1 saturated heterocycles. The summed E-state index contributed by atoms with van der Waals surface area (Å²) in [6.07, 6.45) is 3.24. The van der Waals surface area contributed by atoms with Gasteiger partial charge in [-0.05, 0) is 75.1 Å². The number of nitrogens with one attached hydrogen (secondary N) is 2. The number of aliphatic imine (C=N–C) groups is 1. The summed E-state index contributed by atoms with van der Waals surface area (Å²) in [6.45, 7) is 2.33. The molecule has 1 amide bonds. The van der Waals surface area contributed by atoms with E-state index in [0.29, 0.717) is 18.1 Å².